The van der Waals surface area contributed by atoms with Gasteiger partial charge < -0.3 is 15.5 Å². The van der Waals surface area contributed by atoms with Gasteiger partial charge in [-0.25, -0.2) is 13.2 Å². The molecule has 1 aromatic rings. The molecule has 1 rings (SSSR count). The summed E-state index contributed by atoms with van der Waals surface area (Å²) in [5.41, 5.74) is -1.78. The van der Waals surface area contributed by atoms with Gasteiger partial charge in [0.05, 0.1) is 18.8 Å². The lowest BCUT2D eigenvalue weighted by Crippen LogP contribution is -2.51. The monoisotopic (exact) mass is 263 g/mol. The Bertz CT molecular complexity index is 438. The van der Waals surface area contributed by atoms with Crippen LogP contribution in [0.3, 0.4) is 0 Å². The second-order valence-corrected chi connectivity index (χ2v) is 4.08. The van der Waals surface area contributed by atoms with Gasteiger partial charge in [0.1, 0.15) is 0 Å². The van der Waals surface area contributed by atoms with E-state index in [4.69, 9.17) is 10.2 Å². The van der Waals surface area contributed by atoms with Crippen LogP contribution in [0.15, 0.2) is 12.1 Å². The highest BCUT2D eigenvalue weighted by Crippen LogP contribution is 2.14. The Kier molecular flexibility index (Phi) is 4.31. The fraction of sp³-hybridized carbons (Fsp3) is 0.364. The molecular formula is C11H12F3NO3. The van der Waals surface area contributed by atoms with Crippen LogP contribution in [-0.4, -0.2) is 34.9 Å². The van der Waals surface area contributed by atoms with Gasteiger partial charge in [0.15, 0.2) is 17.5 Å². The zero-order chi connectivity index (χ0) is 13.9. The first kappa shape index (κ1) is 14.5. The second-order valence-electron chi connectivity index (χ2n) is 4.08. The maximum Gasteiger partial charge on any atom is 0.252 e. The minimum atomic E-state index is -1.67. The van der Waals surface area contributed by atoms with Crippen molar-refractivity contribution in [2.75, 3.05) is 13.2 Å². The summed E-state index contributed by atoms with van der Waals surface area (Å²) < 4.78 is 38.5. The first-order valence-corrected chi connectivity index (χ1v) is 5.02. The summed E-state index contributed by atoms with van der Waals surface area (Å²) in [6.07, 6.45) is 0. The van der Waals surface area contributed by atoms with Gasteiger partial charge >= 0.3 is 0 Å². The molecule has 0 bridgehead atoms. The fourth-order valence-corrected chi connectivity index (χ4v) is 1.16. The number of hydrogen-bond donors (Lipinski definition) is 3. The SMILES string of the molecule is CC(CO)(CO)NC(=O)c1cc(F)c(F)c(F)c1. The minimum absolute atomic E-state index is 0.445. The normalized spacial score (nSPS) is 11.4. The van der Waals surface area contributed by atoms with E-state index in [1.807, 2.05) is 0 Å². The van der Waals surface area contributed by atoms with Gasteiger partial charge in [0.25, 0.3) is 5.91 Å². The van der Waals surface area contributed by atoms with Crippen molar-refractivity contribution in [1.82, 2.24) is 5.32 Å². The van der Waals surface area contributed by atoms with Gasteiger partial charge in [0.2, 0.25) is 0 Å². The average molecular weight is 263 g/mol. The largest absolute Gasteiger partial charge is 0.394 e. The molecule has 0 aliphatic carbocycles. The van der Waals surface area contributed by atoms with Crippen molar-refractivity contribution in [3.63, 3.8) is 0 Å². The summed E-state index contributed by atoms with van der Waals surface area (Å²) in [5.74, 6) is -5.58. The van der Waals surface area contributed by atoms with E-state index in [0.717, 1.165) is 0 Å². The Morgan fingerprint density at radius 2 is 1.67 bits per heavy atom. The number of carbonyl (C=O) groups is 1. The summed E-state index contributed by atoms with van der Waals surface area (Å²) in [5, 5.41) is 20.1. The number of rotatable bonds is 4. The van der Waals surface area contributed by atoms with Crippen LogP contribution in [0, 0.1) is 17.5 Å². The van der Waals surface area contributed by atoms with Crippen LogP contribution in [-0.2, 0) is 0 Å². The van der Waals surface area contributed by atoms with Crippen LogP contribution in [0.25, 0.3) is 0 Å². The molecule has 100 valence electrons. The maximum absolute atomic E-state index is 12.9. The van der Waals surface area contributed by atoms with E-state index in [9.17, 15) is 18.0 Å². The summed E-state index contributed by atoms with van der Waals surface area (Å²) in [6.45, 7) is 0.198. The van der Waals surface area contributed by atoms with Crippen LogP contribution in [0.1, 0.15) is 17.3 Å². The van der Waals surface area contributed by atoms with Gasteiger partial charge in [-0.1, -0.05) is 0 Å². The molecule has 0 aliphatic rings. The van der Waals surface area contributed by atoms with E-state index in [2.05, 4.69) is 5.32 Å². The number of benzene rings is 1. The van der Waals surface area contributed by atoms with Crippen LogP contribution in [0.4, 0.5) is 13.2 Å². The molecular weight excluding hydrogens is 251 g/mol. The van der Waals surface area contributed by atoms with E-state index in [1.54, 1.807) is 0 Å². The lowest BCUT2D eigenvalue weighted by Gasteiger charge is -2.26. The third-order valence-electron chi connectivity index (χ3n) is 2.36. The predicted octanol–water partition coefficient (Wildman–Crippen LogP) is 0.577. The van der Waals surface area contributed by atoms with E-state index in [1.165, 1.54) is 6.92 Å². The number of carbonyl (C=O) groups excluding carboxylic acids is 1. The highest BCUT2D eigenvalue weighted by atomic mass is 19.2. The number of nitrogens with one attached hydrogen (secondary N) is 1. The Labute approximate surface area is 101 Å². The summed E-state index contributed by atoms with van der Waals surface area (Å²) in [6, 6.07) is 1.06. The Balaban J connectivity index is 2.98. The number of halogens is 3. The Hall–Kier alpha value is -1.60. The number of aliphatic hydroxyl groups is 2. The third-order valence-corrected chi connectivity index (χ3v) is 2.36. The van der Waals surface area contributed by atoms with Crippen molar-refractivity contribution in [2.45, 2.75) is 12.5 Å². The molecule has 0 heterocycles. The van der Waals surface area contributed by atoms with Gasteiger partial charge in [-0.05, 0) is 19.1 Å². The Morgan fingerprint density at radius 1 is 1.22 bits per heavy atom. The fourth-order valence-electron chi connectivity index (χ4n) is 1.16. The minimum Gasteiger partial charge on any atom is -0.394 e. The predicted molar refractivity (Wildman–Crippen MR) is 56.4 cm³/mol. The number of aliphatic hydroxyl groups excluding tert-OH is 2. The quantitative estimate of drug-likeness (QED) is 0.696. The molecule has 0 saturated carbocycles. The average Bonchev–Trinajstić information content (AvgIpc) is 2.35. The lowest BCUT2D eigenvalue weighted by atomic mass is 10.0. The number of hydrogen-bond acceptors (Lipinski definition) is 3. The molecule has 0 aromatic heterocycles. The second kappa shape index (κ2) is 5.36. The van der Waals surface area contributed by atoms with Gasteiger partial charge in [-0.15, -0.1) is 0 Å². The van der Waals surface area contributed by atoms with Crippen LogP contribution in [0.2, 0.25) is 0 Å². The smallest absolute Gasteiger partial charge is 0.252 e. The van der Waals surface area contributed by atoms with Crippen molar-refractivity contribution in [3.8, 4) is 0 Å². The molecule has 0 atom stereocenters. The first-order valence-electron chi connectivity index (χ1n) is 5.02. The molecule has 0 saturated heterocycles. The maximum atomic E-state index is 12.9. The third kappa shape index (κ3) is 2.99. The first-order chi connectivity index (χ1) is 8.33. The van der Waals surface area contributed by atoms with Crippen molar-refractivity contribution in [3.05, 3.63) is 35.1 Å². The standard InChI is InChI=1S/C11H12F3NO3/c1-11(4-16,5-17)15-10(18)6-2-7(12)9(14)8(13)3-6/h2-3,16-17H,4-5H2,1H3,(H,15,18). The van der Waals surface area contributed by atoms with Crippen LogP contribution in [0.5, 0.6) is 0 Å². The molecule has 3 N–H and O–H groups in total. The van der Waals surface area contributed by atoms with E-state index in [-0.39, 0.29) is 0 Å². The zero-order valence-electron chi connectivity index (χ0n) is 9.51. The van der Waals surface area contributed by atoms with E-state index in [0.29, 0.717) is 12.1 Å². The lowest BCUT2D eigenvalue weighted by molar-refractivity contribution is 0.0723. The topological polar surface area (TPSA) is 69.6 Å². The van der Waals surface area contributed by atoms with Crippen molar-refractivity contribution < 1.29 is 28.2 Å². The van der Waals surface area contributed by atoms with Gasteiger partial charge in [-0.3, -0.25) is 4.79 Å². The summed E-state index contributed by atoms with van der Waals surface area (Å²) in [4.78, 5) is 11.6. The molecule has 0 fully saturated rings. The molecule has 0 spiro atoms. The van der Waals surface area contributed by atoms with Crippen LogP contribution < -0.4 is 5.32 Å². The van der Waals surface area contributed by atoms with E-state index < -0.39 is 47.7 Å². The van der Waals surface area contributed by atoms with Crippen molar-refractivity contribution in [1.29, 1.82) is 0 Å². The summed E-state index contributed by atoms with van der Waals surface area (Å²) in [7, 11) is 0. The highest BCUT2D eigenvalue weighted by Gasteiger charge is 2.26. The molecule has 0 aliphatic heterocycles. The van der Waals surface area contributed by atoms with Gasteiger partial charge in [-0.2, -0.15) is 0 Å². The molecule has 4 nitrogen and oxygen atoms in total. The molecule has 1 aromatic carbocycles. The molecule has 0 unspecified atom stereocenters. The molecule has 1 amide bonds. The van der Waals surface area contributed by atoms with Gasteiger partial charge in [0, 0.05) is 5.56 Å². The van der Waals surface area contributed by atoms with Crippen molar-refractivity contribution >= 4 is 5.91 Å². The molecule has 7 heteroatoms. The highest BCUT2D eigenvalue weighted by molar-refractivity contribution is 5.94. The zero-order valence-corrected chi connectivity index (χ0v) is 9.51. The summed E-state index contributed by atoms with van der Waals surface area (Å²) >= 11 is 0. The Morgan fingerprint density at radius 3 is 2.06 bits per heavy atom. The molecule has 0 radical (unpaired) electrons. The van der Waals surface area contributed by atoms with Crippen LogP contribution >= 0.6 is 0 Å². The number of amides is 1. The van der Waals surface area contributed by atoms with Crippen molar-refractivity contribution in [2.24, 2.45) is 0 Å². The van der Waals surface area contributed by atoms with E-state index >= 15 is 0 Å². The molecule has 18 heavy (non-hydrogen) atoms.